The van der Waals surface area contributed by atoms with Crippen LogP contribution in [0.5, 0.6) is 0 Å². The lowest BCUT2D eigenvalue weighted by Crippen LogP contribution is -2.36. The highest BCUT2D eigenvalue weighted by molar-refractivity contribution is 5.29. The molecule has 58 valence electrons. The Kier molecular flexibility index (Phi) is 1.66. The molecule has 2 nitrogen and oxygen atoms in total. The summed E-state index contributed by atoms with van der Waals surface area (Å²) >= 11 is 0. The van der Waals surface area contributed by atoms with E-state index >= 15 is 0 Å². The zero-order valence-corrected chi connectivity index (χ0v) is 6.59. The van der Waals surface area contributed by atoms with Crippen LogP contribution in [-0.4, -0.2) is 10.7 Å². The molecule has 0 aromatic rings. The van der Waals surface area contributed by atoms with Crippen LogP contribution in [0.1, 0.15) is 26.2 Å². The SMILES string of the molecule is C#C[C@](O)(CC)C1(C#N)CC1. The Morgan fingerprint density at radius 3 is 2.36 bits per heavy atom. The zero-order valence-electron chi connectivity index (χ0n) is 6.59. The third kappa shape index (κ3) is 0.914. The van der Waals surface area contributed by atoms with Crippen LogP contribution in [0.3, 0.4) is 0 Å². The van der Waals surface area contributed by atoms with E-state index in [2.05, 4.69) is 12.0 Å². The van der Waals surface area contributed by atoms with Crippen LogP contribution in [0.4, 0.5) is 0 Å². The summed E-state index contributed by atoms with van der Waals surface area (Å²) in [5.74, 6) is 2.31. The molecule has 0 aliphatic heterocycles. The second kappa shape index (κ2) is 2.26. The molecule has 0 spiro atoms. The van der Waals surface area contributed by atoms with Crippen molar-refractivity contribution in [3.05, 3.63) is 0 Å². The lowest BCUT2D eigenvalue weighted by atomic mass is 9.84. The molecular weight excluding hydrogens is 138 g/mol. The maximum absolute atomic E-state index is 9.76. The van der Waals surface area contributed by atoms with Gasteiger partial charge in [0.05, 0.1) is 11.5 Å². The molecule has 0 aromatic heterocycles. The fraction of sp³-hybridized carbons (Fsp3) is 0.667. The number of hydrogen-bond donors (Lipinski definition) is 1. The van der Waals surface area contributed by atoms with Crippen molar-refractivity contribution in [1.29, 1.82) is 5.26 Å². The van der Waals surface area contributed by atoms with E-state index in [1.54, 1.807) is 6.92 Å². The average molecular weight is 149 g/mol. The first-order valence-electron chi connectivity index (χ1n) is 3.75. The molecule has 1 fully saturated rings. The quantitative estimate of drug-likeness (QED) is 0.597. The Labute approximate surface area is 66.8 Å². The Morgan fingerprint density at radius 2 is 2.27 bits per heavy atom. The molecule has 1 aliphatic rings. The normalized spacial score (nSPS) is 24.4. The third-order valence-corrected chi connectivity index (χ3v) is 2.51. The van der Waals surface area contributed by atoms with E-state index in [0.29, 0.717) is 6.42 Å². The minimum absolute atomic E-state index is 0.455. The molecule has 0 heterocycles. The van der Waals surface area contributed by atoms with E-state index in [1.807, 2.05) is 0 Å². The van der Waals surface area contributed by atoms with Crippen molar-refractivity contribution in [2.45, 2.75) is 31.8 Å². The molecule has 1 aliphatic carbocycles. The summed E-state index contributed by atoms with van der Waals surface area (Å²) in [5, 5.41) is 18.5. The summed E-state index contributed by atoms with van der Waals surface area (Å²) in [7, 11) is 0. The summed E-state index contributed by atoms with van der Waals surface area (Å²) in [6.07, 6.45) is 7.09. The second-order valence-corrected chi connectivity index (χ2v) is 3.05. The summed E-state index contributed by atoms with van der Waals surface area (Å²) in [5.41, 5.74) is -1.82. The maximum atomic E-state index is 9.76. The van der Waals surface area contributed by atoms with Crippen molar-refractivity contribution in [3.8, 4) is 18.4 Å². The van der Waals surface area contributed by atoms with Gasteiger partial charge in [0.25, 0.3) is 0 Å². The molecule has 0 unspecified atom stereocenters. The Morgan fingerprint density at radius 1 is 1.73 bits per heavy atom. The number of rotatable bonds is 2. The van der Waals surface area contributed by atoms with Crippen LogP contribution in [-0.2, 0) is 0 Å². The molecule has 0 radical (unpaired) electrons. The number of nitrogens with zero attached hydrogens (tertiary/aromatic N) is 1. The number of aliphatic hydroxyl groups is 1. The van der Waals surface area contributed by atoms with Gasteiger partial charge in [0.1, 0.15) is 5.60 Å². The fourth-order valence-electron chi connectivity index (χ4n) is 1.32. The molecule has 0 saturated heterocycles. The highest BCUT2D eigenvalue weighted by Gasteiger charge is 2.58. The van der Waals surface area contributed by atoms with E-state index in [1.165, 1.54) is 0 Å². The first kappa shape index (κ1) is 8.11. The van der Waals surface area contributed by atoms with Gasteiger partial charge in [-0.1, -0.05) is 12.8 Å². The molecule has 1 saturated carbocycles. The van der Waals surface area contributed by atoms with Crippen molar-refractivity contribution in [1.82, 2.24) is 0 Å². The molecule has 2 heteroatoms. The number of nitriles is 1. The van der Waals surface area contributed by atoms with Gasteiger partial charge in [0, 0.05) is 0 Å². The van der Waals surface area contributed by atoms with E-state index in [9.17, 15) is 5.11 Å². The van der Waals surface area contributed by atoms with Crippen LogP contribution >= 0.6 is 0 Å². The fourth-order valence-corrected chi connectivity index (χ4v) is 1.32. The summed E-state index contributed by atoms with van der Waals surface area (Å²) in [6.45, 7) is 1.80. The van der Waals surface area contributed by atoms with Gasteiger partial charge in [-0.25, -0.2) is 0 Å². The first-order valence-corrected chi connectivity index (χ1v) is 3.75. The van der Waals surface area contributed by atoms with Gasteiger partial charge in [0.2, 0.25) is 0 Å². The van der Waals surface area contributed by atoms with Gasteiger partial charge in [-0.3, -0.25) is 0 Å². The minimum Gasteiger partial charge on any atom is -0.376 e. The van der Waals surface area contributed by atoms with Crippen LogP contribution in [0.25, 0.3) is 0 Å². The monoisotopic (exact) mass is 149 g/mol. The van der Waals surface area contributed by atoms with Crippen LogP contribution in [0.15, 0.2) is 0 Å². The van der Waals surface area contributed by atoms with Crippen LogP contribution in [0.2, 0.25) is 0 Å². The Balaban J connectivity index is 2.90. The molecule has 1 atom stereocenters. The van der Waals surface area contributed by atoms with Crippen molar-refractivity contribution in [3.63, 3.8) is 0 Å². The van der Waals surface area contributed by atoms with Crippen molar-refractivity contribution in [2.24, 2.45) is 5.41 Å². The molecule has 11 heavy (non-hydrogen) atoms. The van der Waals surface area contributed by atoms with Gasteiger partial charge in [-0.15, -0.1) is 6.42 Å². The molecular formula is C9H11NO. The minimum atomic E-state index is -1.19. The molecule has 1 N–H and O–H groups in total. The van der Waals surface area contributed by atoms with Crippen molar-refractivity contribution in [2.75, 3.05) is 0 Å². The number of hydrogen-bond acceptors (Lipinski definition) is 2. The molecule has 0 amide bonds. The standard InChI is InChI=1S/C9H11NO/c1-3-9(11,4-2)8(7-10)5-6-8/h1,11H,4-6H2,2H3/t9-/m0/s1. The van der Waals surface area contributed by atoms with E-state index in [0.717, 1.165) is 12.8 Å². The highest BCUT2D eigenvalue weighted by Crippen LogP contribution is 2.54. The van der Waals surface area contributed by atoms with E-state index in [-0.39, 0.29) is 0 Å². The first-order chi connectivity index (χ1) is 5.14. The summed E-state index contributed by atoms with van der Waals surface area (Å²) in [4.78, 5) is 0. The van der Waals surface area contributed by atoms with Gasteiger partial charge in [-0.05, 0) is 19.3 Å². The van der Waals surface area contributed by atoms with Crippen molar-refractivity contribution >= 4 is 0 Å². The smallest absolute Gasteiger partial charge is 0.143 e. The van der Waals surface area contributed by atoms with Gasteiger partial charge in [0.15, 0.2) is 0 Å². The number of terminal acetylenes is 1. The summed E-state index contributed by atoms with van der Waals surface area (Å²) in [6, 6.07) is 2.10. The van der Waals surface area contributed by atoms with E-state index < -0.39 is 11.0 Å². The zero-order chi connectivity index (χ0) is 8.54. The third-order valence-electron chi connectivity index (χ3n) is 2.51. The van der Waals surface area contributed by atoms with Gasteiger partial charge < -0.3 is 5.11 Å². The second-order valence-electron chi connectivity index (χ2n) is 3.05. The molecule has 1 rings (SSSR count). The van der Waals surface area contributed by atoms with E-state index in [4.69, 9.17) is 11.7 Å². The maximum Gasteiger partial charge on any atom is 0.143 e. The lowest BCUT2D eigenvalue weighted by molar-refractivity contribution is 0.0451. The Bertz CT molecular complexity index is 241. The van der Waals surface area contributed by atoms with Crippen molar-refractivity contribution < 1.29 is 5.11 Å². The van der Waals surface area contributed by atoms with Gasteiger partial charge in [-0.2, -0.15) is 5.26 Å². The van der Waals surface area contributed by atoms with Gasteiger partial charge >= 0.3 is 0 Å². The predicted molar refractivity (Wildman–Crippen MR) is 41.4 cm³/mol. The molecule has 0 bridgehead atoms. The molecule has 0 aromatic carbocycles. The van der Waals surface area contributed by atoms with Crippen LogP contribution < -0.4 is 0 Å². The predicted octanol–water partition coefficient (Wildman–Crippen LogP) is 1.06. The lowest BCUT2D eigenvalue weighted by Gasteiger charge is -2.24. The largest absolute Gasteiger partial charge is 0.376 e. The van der Waals surface area contributed by atoms with Crippen LogP contribution in [0, 0.1) is 29.1 Å². The highest BCUT2D eigenvalue weighted by atomic mass is 16.3. The Hall–Kier alpha value is -0.990. The summed E-state index contributed by atoms with van der Waals surface area (Å²) < 4.78 is 0. The topological polar surface area (TPSA) is 44.0 Å². The average Bonchev–Trinajstić information content (AvgIpc) is 2.83.